The number of fused-ring (bicyclic) bond motifs is 2. The second-order valence-electron chi connectivity index (χ2n) is 13.8. The van der Waals surface area contributed by atoms with Crippen LogP contribution in [0.15, 0.2) is 66.2 Å². The summed E-state index contributed by atoms with van der Waals surface area (Å²) in [6.45, 7) is 7.60. The zero-order valence-corrected chi connectivity index (χ0v) is 33.5. The molecule has 4 N–H and O–H groups in total. The first kappa shape index (κ1) is 41.0. The van der Waals surface area contributed by atoms with E-state index in [9.17, 15) is 24.0 Å². The van der Waals surface area contributed by atoms with Gasteiger partial charge >= 0.3 is 0 Å². The van der Waals surface area contributed by atoms with Gasteiger partial charge in [-0.25, -0.2) is 9.97 Å². The smallest absolute Gasteiger partial charge is 0.271 e. The van der Waals surface area contributed by atoms with Gasteiger partial charge in [-0.3, -0.25) is 28.9 Å². The molecule has 0 radical (unpaired) electrons. The summed E-state index contributed by atoms with van der Waals surface area (Å²) in [4.78, 5) is 80.9. The lowest BCUT2D eigenvalue weighted by atomic mass is 10.0. The molecule has 0 saturated carbocycles. The molecule has 0 fully saturated rings. The van der Waals surface area contributed by atoms with Crippen LogP contribution in [-0.4, -0.2) is 101 Å². The molecule has 1 aliphatic heterocycles. The number of methoxy groups -OCH3 is 1. The number of amides is 5. The van der Waals surface area contributed by atoms with E-state index >= 15 is 0 Å². The molecule has 292 valence electrons. The van der Waals surface area contributed by atoms with Crippen molar-refractivity contribution in [2.75, 3.05) is 33.8 Å². The van der Waals surface area contributed by atoms with Gasteiger partial charge in [0.2, 0.25) is 23.6 Å². The lowest BCUT2D eigenvalue weighted by Gasteiger charge is -2.28. The number of nitrogens with one attached hydrogen (secondary N) is 4. The lowest BCUT2D eigenvalue weighted by molar-refractivity contribution is -0.136. The Labute approximate surface area is 329 Å². The summed E-state index contributed by atoms with van der Waals surface area (Å²) in [7, 11) is 3.26. The first-order valence-electron chi connectivity index (χ1n) is 18.1. The number of carbonyl (C=O) groups excluding carboxylic acids is 5. The van der Waals surface area contributed by atoms with Crippen LogP contribution in [0.5, 0.6) is 5.75 Å². The summed E-state index contributed by atoms with van der Waals surface area (Å²) < 4.78 is 5.55. The van der Waals surface area contributed by atoms with Crippen LogP contribution in [-0.2, 0) is 32.1 Å². The molecule has 0 unspecified atom stereocenters. The van der Waals surface area contributed by atoms with Crippen molar-refractivity contribution in [2.45, 2.75) is 64.8 Å². The first-order valence-corrected chi connectivity index (χ1v) is 19.8. The molecule has 5 rings (SSSR count). The number of likely N-dealkylation sites (N-methyl/N-ethyl adjacent to an activating group) is 1. The standard InChI is InChI=1S/C39H48N8O6S2/c1-23(2)33-36(51)42-25(4)39(52)46(5)16-17-47(20-27-19-40-37(55-27)28-14-10-11-15-31(28)53-6)21-32(48)43-29(18-26-12-8-7-9-13-26)38-44-30(22-54-38)35(50)41-24(3)34(49)45-33/h7-15,19,22-25,29,33H,16-18,20-21H2,1-6H3,(H,41,50)(H,42,51)(H,43,48)(H,45,49)/t24-,25+,29-,33-/m0/s1. The SMILES string of the molecule is COc1ccccc1-c1ncc(CN2CCN(C)C(=O)[C@@H](C)NC(=O)[C@H](C(C)C)NC(=O)[C@H](C)NC(=O)c3csc(n3)[C@H](Cc3ccccc3)NC(=O)C2)s1. The molecule has 0 spiro atoms. The highest BCUT2D eigenvalue weighted by atomic mass is 32.1. The van der Waals surface area contributed by atoms with Gasteiger partial charge in [-0.2, -0.15) is 0 Å². The fraction of sp³-hybridized carbons (Fsp3) is 0.410. The first-order chi connectivity index (χ1) is 26.3. The summed E-state index contributed by atoms with van der Waals surface area (Å²) in [5, 5.41) is 14.2. The second kappa shape index (κ2) is 18.9. The van der Waals surface area contributed by atoms with E-state index in [1.165, 1.54) is 34.5 Å². The normalized spacial score (nSPS) is 21.3. The molecular weight excluding hydrogens is 741 g/mol. The van der Waals surface area contributed by atoms with Crippen molar-refractivity contribution in [3.05, 3.63) is 87.3 Å². The highest BCUT2D eigenvalue weighted by Crippen LogP contribution is 2.33. The van der Waals surface area contributed by atoms with E-state index in [-0.39, 0.29) is 36.5 Å². The largest absolute Gasteiger partial charge is 0.496 e. The molecule has 14 nitrogen and oxygen atoms in total. The molecule has 5 amide bonds. The molecule has 55 heavy (non-hydrogen) atoms. The average molecular weight is 789 g/mol. The number of aromatic nitrogens is 2. The predicted octanol–water partition coefficient (Wildman–Crippen LogP) is 3.41. The van der Waals surface area contributed by atoms with Crippen molar-refractivity contribution in [1.82, 2.24) is 41.0 Å². The fourth-order valence-electron chi connectivity index (χ4n) is 6.05. The van der Waals surface area contributed by atoms with Gasteiger partial charge in [-0.1, -0.05) is 56.3 Å². The Kier molecular flexibility index (Phi) is 14.1. The molecule has 2 aromatic carbocycles. The summed E-state index contributed by atoms with van der Waals surface area (Å²) in [6, 6.07) is 13.9. The van der Waals surface area contributed by atoms with Crippen LogP contribution < -0.4 is 26.0 Å². The van der Waals surface area contributed by atoms with Crippen molar-refractivity contribution in [2.24, 2.45) is 5.92 Å². The van der Waals surface area contributed by atoms with Crippen LogP contribution in [0, 0.1) is 5.92 Å². The Morgan fingerprint density at radius 2 is 1.62 bits per heavy atom. The van der Waals surface area contributed by atoms with Crippen LogP contribution in [0.25, 0.3) is 10.6 Å². The van der Waals surface area contributed by atoms with Crippen molar-refractivity contribution < 1.29 is 28.7 Å². The van der Waals surface area contributed by atoms with Crippen LogP contribution >= 0.6 is 22.7 Å². The minimum atomic E-state index is -0.999. The highest BCUT2D eigenvalue weighted by Gasteiger charge is 2.31. The van der Waals surface area contributed by atoms with E-state index in [4.69, 9.17) is 4.74 Å². The van der Waals surface area contributed by atoms with E-state index in [1.54, 1.807) is 46.5 Å². The van der Waals surface area contributed by atoms with Gasteiger partial charge in [0, 0.05) is 43.1 Å². The number of nitrogens with zero attached hydrogens (tertiary/aromatic N) is 4. The van der Waals surface area contributed by atoms with Crippen molar-refractivity contribution in [1.29, 1.82) is 0 Å². The van der Waals surface area contributed by atoms with Crippen LogP contribution in [0.1, 0.15) is 59.7 Å². The van der Waals surface area contributed by atoms with Gasteiger partial charge in [-0.15, -0.1) is 22.7 Å². The maximum atomic E-state index is 13.9. The van der Waals surface area contributed by atoms with Crippen molar-refractivity contribution >= 4 is 52.2 Å². The molecule has 4 atom stereocenters. The van der Waals surface area contributed by atoms with Crippen LogP contribution in [0.2, 0.25) is 0 Å². The minimum Gasteiger partial charge on any atom is -0.496 e. The molecule has 2 aromatic heterocycles. The van der Waals surface area contributed by atoms with Gasteiger partial charge in [0.05, 0.1) is 25.3 Å². The molecule has 0 aliphatic carbocycles. The van der Waals surface area contributed by atoms with Gasteiger partial charge < -0.3 is 30.9 Å². The number of ether oxygens (including phenoxy) is 1. The minimum absolute atomic E-state index is 0.0123. The Morgan fingerprint density at radius 1 is 0.891 bits per heavy atom. The zero-order valence-electron chi connectivity index (χ0n) is 31.8. The third-order valence-corrected chi connectivity index (χ3v) is 11.1. The van der Waals surface area contributed by atoms with E-state index in [1.807, 2.05) is 59.5 Å². The van der Waals surface area contributed by atoms with E-state index < -0.39 is 41.9 Å². The molecule has 2 bridgehead atoms. The Morgan fingerprint density at radius 3 is 2.35 bits per heavy atom. The highest BCUT2D eigenvalue weighted by molar-refractivity contribution is 7.15. The van der Waals surface area contributed by atoms with Gasteiger partial charge in [0.25, 0.3) is 5.91 Å². The number of carbonyl (C=O) groups is 5. The maximum absolute atomic E-state index is 13.9. The van der Waals surface area contributed by atoms with Crippen LogP contribution in [0.4, 0.5) is 0 Å². The van der Waals surface area contributed by atoms with Gasteiger partial charge in [-0.05, 0) is 43.9 Å². The molecule has 4 aromatic rings. The van der Waals surface area contributed by atoms with Gasteiger partial charge in [0.15, 0.2) is 0 Å². The molecule has 3 heterocycles. The number of thiazole rings is 2. The third-order valence-electron chi connectivity index (χ3n) is 9.15. The van der Waals surface area contributed by atoms with E-state index in [2.05, 4.69) is 31.2 Å². The second-order valence-corrected chi connectivity index (χ2v) is 15.8. The number of hydrogen-bond acceptors (Lipinski definition) is 11. The molecule has 16 heteroatoms. The topological polar surface area (TPSA) is 175 Å². The van der Waals surface area contributed by atoms with Gasteiger partial charge in [0.1, 0.15) is 39.6 Å². The van der Waals surface area contributed by atoms with E-state index in [0.29, 0.717) is 30.3 Å². The molecule has 0 saturated heterocycles. The fourth-order valence-corrected chi connectivity index (χ4v) is 7.89. The number of para-hydroxylation sites is 1. The predicted molar refractivity (Wildman–Crippen MR) is 211 cm³/mol. The van der Waals surface area contributed by atoms with E-state index in [0.717, 1.165) is 21.0 Å². The molecular formula is C39H48N8O6S2. The van der Waals surface area contributed by atoms with Crippen molar-refractivity contribution in [3.8, 4) is 16.3 Å². The summed E-state index contributed by atoms with van der Waals surface area (Å²) in [5.74, 6) is -1.89. The Hall–Kier alpha value is -5.19. The number of rotatable bonds is 7. The third kappa shape index (κ3) is 11.0. The summed E-state index contributed by atoms with van der Waals surface area (Å²) in [6.07, 6.45) is 2.20. The molecule has 1 aliphatic rings. The maximum Gasteiger partial charge on any atom is 0.271 e. The lowest BCUT2D eigenvalue weighted by Crippen LogP contribution is -2.57. The number of hydrogen-bond donors (Lipinski definition) is 4. The summed E-state index contributed by atoms with van der Waals surface area (Å²) in [5.41, 5.74) is 1.92. The quantitative estimate of drug-likeness (QED) is 0.219. The van der Waals surface area contributed by atoms with Crippen molar-refractivity contribution in [3.63, 3.8) is 0 Å². The average Bonchev–Trinajstić information content (AvgIpc) is 3.86. The number of benzene rings is 2. The Bertz CT molecular complexity index is 1970. The summed E-state index contributed by atoms with van der Waals surface area (Å²) >= 11 is 2.72. The monoisotopic (exact) mass is 788 g/mol. The zero-order chi connectivity index (χ0) is 39.6. The Balaban J connectivity index is 1.45. The van der Waals surface area contributed by atoms with Crippen LogP contribution in [0.3, 0.4) is 0 Å².